The zero-order valence-electron chi connectivity index (χ0n) is 17.3. The summed E-state index contributed by atoms with van der Waals surface area (Å²) in [5.41, 5.74) is 4.88. The summed E-state index contributed by atoms with van der Waals surface area (Å²) in [7, 11) is 4.20. The Labute approximate surface area is 173 Å². The van der Waals surface area contributed by atoms with Gasteiger partial charge < -0.3 is 15.1 Å². The maximum absolute atomic E-state index is 4.92. The first kappa shape index (κ1) is 19.4. The number of hydrogen-bond donors (Lipinski definition) is 1. The van der Waals surface area contributed by atoms with Crippen LogP contribution < -0.4 is 10.2 Å². The highest BCUT2D eigenvalue weighted by atomic mass is 15.3. The van der Waals surface area contributed by atoms with E-state index < -0.39 is 0 Å². The van der Waals surface area contributed by atoms with E-state index >= 15 is 0 Å². The molecule has 0 aliphatic carbocycles. The van der Waals surface area contributed by atoms with Crippen LogP contribution in [0, 0.1) is 0 Å². The van der Waals surface area contributed by atoms with Gasteiger partial charge in [0.2, 0.25) is 5.95 Å². The highest BCUT2D eigenvalue weighted by molar-refractivity contribution is 5.64. The van der Waals surface area contributed by atoms with Crippen LogP contribution in [0.15, 0.2) is 60.7 Å². The summed E-state index contributed by atoms with van der Waals surface area (Å²) in [4.78, 5) is 14.3. The molecule has 3 aromatic rings. The Bertz CT molecular complexity index is 939. The molecule has 0 bridgehead atoms. The zero-order chi connectivity index (χ0) is 20.1. The van der Waals surface area contributed by atoms with Gasteiger partial charge in [-0.15, -0.1) is 0 Å². The molecule has 29 heavy (non-hydrogen) atoms. The van der Waals surface area contributed by atoms with Crippen LogP contribution in [0.4, 0.5) is 11.8 Å². The van der Waals surface area contributed by atoms with Gasteiger partial charge in [0.25, 0.3) is 0 Å². The highest BCUT2D eigenvalue weighted by Gasteiger charge is 2.19. The number of aromatic nitrogens is 2. The summed E-state index contributed by atoms with van der Waals surface area (Å²) in [5, 5.41) is 3.50. The van der Waals surface area contributed by atoms with Gasteiger partial charge in [-0.05, 0) is 44.6 Å². The lowest BCUT2D eigenvalue weighted by atomic mass is 10.0. The Morgan fingerprint density at radius 1 is 0.966 bits per heavy atom. The van der Waals surface area contributed by atoms with Gasteiger partial charge in [-0.2, -0.15) is 4.98 Å². The number of benzene rings is 2. The fourth-order valence-electron chi connectivity index (χ4n) is 3.70. The maximum atomic E-state index is 4.92. The van der Waals surface area contributed by atoms with Gasteiger partial charge in [-0.25, -0.2) is 4.98 Å². The number of nitrogens with zero attached hydrogens (tertiary/aromatic N) is 4. The van der Waals surface area contributed by atoms with Crippen LogP contribution in [0.5, 0.6) is 0 Å². The van der Waals surface area contributed by atoms with Crippen molar-refractivity contribution in [2.45, 2.75) is 19.4 Å². The average Bonchev–Trinajstić information content (AvgIpc) is 2.76. The van der Waals surface area contributed by atoms with Crippen molar-refractivity contribution in [3.63, 3.8) is 0 Å². The van der Waals surface area contributed by atoms with E-state index in [2.05, 4.69) is 83.8 Å². The van der Waals surface area contributed by atoms with Crippen molar-refractivity contribution in [1.29, 1.82) is 0 Å². The fraction of sp³-hybridized carbons (Fsp3) is 0.333. The summed E-state index contributed by atoms with van der Waals surface area (Å²) in [6.45, 7) is 3.74. The van der Waals surface area contributed by atoms with E-state index in [-0.39, 0.29) is 0 Å². The van der Waals surface area contributed by atoms with E-state index in [1.807, 2.05) is 6.07 Å². The smallest absolute Gasteiger partial charge is 0.228 e. The zero-order valence-corrected chi connectivity index (χ0v) is 17.3. The molecule has 1 N–H and O–H groups in total. The minimum Gasteiger partial charge on any atom is -0.370 e. The summed E-state index contributed by atoms with van der Waals surface area (Å²) in [6, 6.07) is 21.1. The quantitative estimate of drug-likeness (QED) is 0.619. The minimum atomic E-state index is 0.802. The molecule has 2 heterocycles. The lowest BCUT2D eigenvalue weighted by molar-refractivity contribution is 0.405. The monoisotopic (exact) mass is 387 g/mol. The van der Waals surface area contributed by atoms with Gasteiger partial charge in [0.15, 0.2) is 0 Å². The second-order valence-electron chi connectivity index (χ2n) is 7.83. The van der Waals surface area contributed by atoms with Crippen molar-refractivity contribution in [3.8, 4) is 11.3 Å². The standard InChI is InChI=1S/C24H29N5/c1-28(2)15-8-14-25-23-17-22(20-10-4-3-5-11-20)26-24(27-23)29-16-13-19-9-6-7-12-21(19)18-29/h3-7,9-12,17H,8,13-16,18H2,1-2H3,(H,25,26,27). The van der Waals surface area contributed by atoms with E-state index in [1.54, 1.807) is 0 Å². The molecule has 1 aliphatic heterocycles. The molecule has 0 unspecified atom stereocenters. The summed E-state index contributed by atoms with van der Waals surface area (Å²) in [5.74, 6) is 1.70. The lowest BCUT2D eigenvalue weighted by Crippen LogP contribution is -2.32. The topological polar surface area (TPSA) is 44.3 Å². The summed E-state index contributed by atoms with van der Waals surface area (Å²) >= 11 is 0. The van der Waals surface area contributed by atoms with Crippen LogP contribution in [0.1, 0.15) is 17.5 Å². The Morgan fingerprint density at radius 2 is 1.72 bits per heavy atom. The molecule has 5 heteroatoms. The van der Waals surface area contributed by atoms with E-state index in [9.17, 15) is 0 Å². The number of nitrogens with one attached hydrogen (secondary N) is 1. The molecule has 1 aliphatic rings. The largest absolute Gasteiger partial charge is 0.370 e. The van der Waals surface area contributed by atoms with Crippen LogP contribution in [0.3, 0.4) is 0 Å². The Morgan fingerprint density at radius 3 is 2.52 bits per heavy atom. The Balaban J connectivity index is 1.59. The maximum Gasteiger partial charge on any atom is 0.228 e. The van der Waals surface area contributed by atoms with Crippen molar-refractivity contribution in [2.24, 2.45) is 0 Å². The molecule has 0 radical (unpaired) electrons. The summed E-state index contributed by atoms with van der Waals surface area (Å²) in [6.07, 6.45) is 2.10. The number of rotatable bonds is 7. The Hall–Kier alpha value is -2.92. The molecule has 4 rings (SSSR count). The van der Waals surface area contributed by atoms with Gasteiger partial charge in [0.1, 0.15) is 5.82 Å². The predicted octanol–water partition coefficient (Wildman–Crippen LogP) is 4.07. The van der Waals surface area contributed by atoms with E-state index in [4.69, 9.17) is 9.97 Å². The normalized spacial score (nSPS) is 13.4. The molecule has 0 fully saturated rings. The van der Waals surface area contributed by atoms with Crippen molar-refractivity contribution in [3.05, 3.63) is 71.8 Å². The molecule has 1 aromatic heterocycles. The molecule has 2 aromatic carbocycles. The van der Waals surface area contributed by atoms with Gasteiger partial charge in [0, 0.05) is 31.3 Å². The van der Waals surface area contributed by atoms with Crippen molar-refractivity contribution >= 4 is 11.8 Å². The van der Waals surface area contributed by atoms with E-state index in [0.717, 1.165) is 62.0 Å². The van der Waals surface area contributed by atoms with E-state index in [0.29, 0.717) is 0 Å². The molecule has 0 spiro atoms. The second-order valence-corrected chi connectivity index (χ2v) is 7.83. The molecule has 5 nitrogen and oxygen atoms in total. The SMILES string of the molecule is CN(C)CCCNc1cc(-c2ccccc2)nc(N2CCc3ccccc3C2)n1. The van der Waals surface area contributed by atoms with Crippen molar-refractivity contribution in [1.82, 2.24) is 14.9 Å². The molecule has 0 saturated carbocycles. The van der Waals surface area contributed by atoms with Gasteiger partial charge >= 0.3 is 0 Å². The number of anilines is 2. The molecule has 150 valence electrons. The van der Waals surface area contributed by atoms with Gasteiger partial charge in [-0.1, -0.05) is 54.6 Å². The first-order chi connectivity index (χ1) is 14.2. The lowest BCUT2D eigenvalue weighted by Gasteiger charge is -2.29. The van der Waals surface area contributed by atoms with E-state index in [1.165, 1.54) is 11.1 Å². The van der Waals surface area contributed by atoms with Crippen molar-refractivity contribution in [2.75, 3.05) is 43.9 Å². The van der Waals surface area contributed by atoms with Crippen LogP contribution in [0.25, 0.3) is 11.3 Å². The summed E-state index contributed by atoms with van der Waals surface area (Å²) < 4.78 is 0. The second kappa shape index (κ2) is 9.05. The molecule has 0 atom stereocenters. The molecular weight excluding hydrogens is 358 g/mol. The third-order valence-electron chi connectivity index (χ3n) is 5.29. The van der Waals surface area contributed by atoms with Crippen LogP contribution >= 0.6 is 0 Å². The molecular formula is C24H29N5. The number of hydrogen-bond acceptors (Lipinski definition) is 5. The third kappa shape index (κ3) is 4.93. The Kier molecular flexibility index (Phi) is 6.06. The molecule has 0 saturated heterocycles. The average molecular weight is 388 g/mol. The minimum absolute atomic E-state index is 0.802. The highest BCUT2D eigenvalue weighted by Crippen LogP contribution is 2.26. The first-order valence-corrected chi connectivity index (χ1v) is 10.3. The number of fused-ring (bicyclic) bond motifs is 1. The van der Waals surface area contributed by atoms with Crippen molar-refractivity contribution < 1.29 is 0 Å². The van der Waals surface area contributed by atoms with Crippen LogP contribution in [0.2, 0.25) is 0 Å². The fourth-order valence-corrected chi connectivity index (χ4v) is 3.70. The van der Waals surface area contributed by atoms with Gasteiger partial charge in [-0.3, -0.25) is 0 Å². The first-order valence-electron chi connectivity index (χ1n) is 10.3. The molecule has 0 amide bonds. The van der Waals surface area contributed by atoms with Crippen LogP contribution in [-0.4, -0.2) is 48.6 Å². The predicted molar refractivity (Wildman–Crippen MR) is 120 cm³/mol. The van der Waals surface area contributed by atoms with Gasteiger partial charge in [0.05, 0.1) is 5.69 Å². The third-order valence-corrected chi connectivity index (χ3v) is 5.29. The van der Waals surface area contributed by atoms with Crippen LogP contribution in [-0.2, 0) is 13.0 Å².